The molecule has 0 saturated carbocycles. The second-order valence-corrected chi connectivity index (χ2v) is 8.86. The average Bonchev–Trinajstić information content (AvgIpc) is 3.57. The molecule has 0 bridgehead atoms. The van der Waals surface area contributed by atoms with E-state index in [1.54, 1.807) is 25.0 Å². The molecule has 1 fully saturated rings. The number of ether oxygens (including phenoxy) is 2. The van der Waals surface area contributed by atoms with Gasteiger partial charge in [-0.3, -0.25) is 9.47 Å². The fourth-order valence-electron chi connectivity index (χ4n) is 4.65. The van der Waals surface area contributed by atoms with E-state index in [0.29, 0.717) is 12.0 Å². The van der Waals surface area contributed by atoms with Crippen LogP contribution >= 0.6 is 0 Å². The van der Waals surface area contributed by atoms with Crippen LogP contribution in [-0.4, -0.2) is 50.6 Å². The van der Waals surface area contributed by atoms with Crippen LogP contribution in [0.15, 0.2) is 72.6 Å². The average molecular weight is 461 g/mol. The van der Waals surface area contributed by atoms with E-state index in [2.05, 4.69) is 44.5 Å². The first-order chi connectivity index (χ1) is 16.8. The molecule has 178 valence electrons. The number of allylic oxidation sites excluding steroid dienone is 4. The summed E-state index contributed by atoms with van der Waals surface area (Å²) in [5.41, 5.74) is 3.27. The van der Waals surface area contributed by atoms with Crippen molar-refractivity contribution >= 4 is 0 Å². The molecule has 1 N–H and O–H groups in total. The van der Waals surface area contributed by atoms with Crippen molar-refractivity contribution in [3.8, 4) is 5.95 Å². The van der Waals surface area contributed by atoms with E-state index in [1.165, 1.54) is 12.0 Å². The Hall–Kier alpha value is -3.23. The molecule has 1 saturated heterocycles. The van der Waals surface area contributed by atoms with Gasteiger partial charge in [0.15, 0.2) is 5.76 Å². The van der Waals surface area contributed by atoms with Crippen molar-refractivity contribution in [2.45, 2.75) is 45.1 Å². The van der Waals surface area contributed by atoms with Gasteiger partial charge in [-0.05, 0) is 50.8 Å². The number of likely N-dealkylation sites (tertiary alicyclic amines) is 1. The third kappa shape index (κ3) is 5.46. The minimum absolute atomic E-state index is 0.328. The molecule has 2 aromatic heterocycles. The fourth-order valence-corrected chi connectivity index (χ4v) is 4.65. The van der Waals surface area contributed by atoms with E-state index in [4.69, 9.17) is 14.5 Å². The molecule has 34 heavy (non-hydrogen) atoms. The van der Waals surface area contributed by atoms with Crippen LogP contribution in [-0.2, 0) is 9.47 Å². The van der Waals surface area contributed by atoms with E-state index in [9.17, 15) is 0 Å². The van der Waals surface area contributed by atoms with Crippen LogP contribution in [0.1, 0.15) is 49.5 Å². The molecule has 0 radical (unpaired) electrons. The third-order valence-corrected chi connectivity index (χ3v) is 6.37. The summed E-state index contributed by atoms with van der Waals surface area (Å²) in [4.78, 5) is 16.1. The number of hydrogen-bond donors (Lipinski definition) is 1. The summed E-state index contributed by atoms with van der Waals surface area (Å²) in [5.74, 6) is 2.38. The Morgan fingerprint density at radius 2 is 2.18 bits per heavy atom. The van der Waals surface area contributed by atoms with Gasteiger partial charge in [-0.25, -0.2) is 15.0 Å². The molecule has 8 heteroatoms. The molecule has 2 aromatic rings. The number of nitrogens with zero attached hydrogens (tertiary/aromatic N) is 5. The van der Waals surface area contributed by atoms with Crippen molar-refractivity contribution < 1.29 is 9.47 Å². The van der Waals surface area contributed by atoms with Gasteiger partial charge in [0.1, 0.15) is 24.6 Å². The second-order valence-electron chi connectivity index (χ2n) is 8.86. The van der Waals surface area contributed by atoms with Crippen molar-refractivity contribution in [3.63, 3.8) is 0 Å². The summed E-state index contributed by atoms with van der Waals surface area (Å²) in [5, 5.41) is 3.56. The lowest BCUT2D eigenvalue weighted by atomic mass is 10.0. The van der Waals surface area contributed by atoms with E-state index >= 15 is 0 Å². The third-order valence-electron chi connectivity index (χ3n) is 6.37. The van der Waals surface area contributed by atoms with Crippen molar-refractivity contribution in [2.24, 2.45) is 0 Å². The molecule has 1 atom stereocenters. The summed E-state index contributed by atoms with van der Waals surface area (Å²) >= 11 is 0. The predicted molar refractivity (Wildman–Crippen MR) is 130 cm³/mol. The van der Waals surface area contributed by atoms with Crippen LogP contribution in [0, 0.1) is 6.92 Å². The molecule has 0 spiro atoms. The number of rotatable bonds is 9. The molecule has 1 unspecified atom stereocenters. The first-order valence-electron chi connectivity index (χ1n) is 12.1. The molecule has 3 aliphatic rings. The number of aromatic nitrogens is 4. The maximum atomic E-state index is 6.06. The van der Waals surface area contributed by atoms with E-state index in [1.807, 2.05) is 17.7 Å². The van der Waals surface area contributed by atoms with Crippen LogP contribution in [0.5, 0.6) is 0 Å². The summed E-state index contributed by atoms with van der Waals surface area (Å²) < 4.78 is 13.5. The zero-order chi connectivity index (χ0) is 23.2. The van der Waals surface area contributed by atoms with E-state index < -0.39 is 0 Å². The van der Waals surface area contributed by atoms with E-state index in [0.717, 1.165) is 74.8 Å². The van der Waals surface area contributed by atoms with Gasteiger partial charge in [-0.1, -0.05) is 18.2 Å². The van der Waals surface area contributed by atoms with Gasteiger partial charge in [0.2, 0.25) is 5.95 Å². The Labute approximate surface area is 200 Å². The Morgan fingerprint density at radius 3 is 3.03 bits per heavy atom. The molecule has 1 aliphatic carbocycles. The molecular formula is C26H32N6O2. The maximum absolute atomic E-state index is 6.06. The molecule has 2 aliphatic heterocycles. The highest BCUT2D eigenvalue weighted by atomic mass is 16.5. The SMILES string of the molecule is Cc1cc(C2CCCN2CCNCCC2=COC=C(C3=CC=CCC3)O2)nc(-n2ccnc2)n1. The molecule has 8 nitrogen and oxygen atoms in total. The van der Waals surface area contributed by atoms with Gasteiger partial charge >= 0.3 is 0 Å². The minimum atomic E-state index is 0.328. The van der Waals surface area contributed by atoms with Crippen LogP contribution in [0.25, 0.3) is 5.95 Å². The van der Waals surface area contributed by atoms with Crippen LogP contribution in [0.2, 0.25) is 0 Å². The summed E-state index contributed by atoms with van der Waals surface area (Å²) in [6.07, 6.45) is 20.3. The minimum Gasteiger partial charge on any atom is -0.465 e. The second kappa shape index (κ2) is 10.8. The summed E-state index contributed by atoms with van der Waals surface area (Å²) in [6.45, 7) is 5.86. The standard InChI is InChI=1S/C26H32N6O2/c1-20-16-23(30-26(29-20)32-15-12-28-19-32)24-8-5-13-31(24)14-11-27-10-9-22-17-33-18-25(34-22)21-6-3-2-4-7-21/h2-3,6,12,15-19,24,27H,4-5,7-11,13-14H2,1H3. The number of hydrogen-bond acceptors (Lipinski definition) is 7. The first-order valence-corrected chi connectivity index (χ1v) is 12.1. The highest BCUT2D eigenvalue weighted by Gasteiger charge is 2.27. The Morgan fingerprint density at radius 1 is 1.21 bits per heavy atom. The van der Waals surface area contributed by atoms with Crippen molar-refractivity contribution in [1.29, 1.82) is 0 Å². The van der Waals surface area contributed by atoms with Crippen LogP contribution in [0.3, 0.4) is 0 Å². The lowest BCUT2D eigenvalue weighted by Gasteiger charge is -2.25. The number of nitrogens with one attached hydrogen (secondary N) is 1. The maximum Gasteiger partial charge on any atom is 0.235 e. The lowest BCUT2D eigenvalue weighted by molar-refractivity contribution is 0.217. The smallest absolute Gasteiger partial charge is 0.235 e. The number of imidazole rings is 1. The Kier molecular flexibility index (Phi) is 7.16. The van der Waals surface area contributed by atoms with Gasteiger partial charge in [0.05, 0.1) is 11.7 Å². The van der Waals surface area contributed by atoms with Gasteiger partial charge < -0.3 is 14.8 Å². The molecular weight excluding hydrogens is 428 g/mol. The van der Waals surface area contributed by atoms with Gasteiger partial charge in [0.25, 0.3) is 0 Å². The monoisotopic (exact) mass is 460 g/mol. The predicted octanol–water partition coefficient (Wildman–Crippen LogP) is 4.09. The van der Waals surface area contributed by atoms with Gasteiger partial charge in [-0.2, -0.15) is 0 Å². The normalized spacial score (nSPS) is 20.4. The Bertz CT molecular complexity index is 1100. The van der Waals surface area contributed by atoms with E-state index in [-0.39, 0.29) is 0 Å². The van der Waals surface area contributed by atoms with Crippen LogP contribution in [0.4, 0.5) is 0 Å². The number of aryl methyl sites for hydroxylation is 1. The lowest BCUT2D eigenvalue weighted by Crippen LogP contribution is -2.33. The first kappa shape index (κ1) is 22.6. The molecule has 5 rings (SSSR count). The Balaban J connectivity index is 1.09. The zero-order valence-corrected chi connectivity index (χ0v) is 19.7. The van der Waals surface area contributed by atoms with Crippen molar-refractivity contribution in [2.75, 3.05) is 26.2 Å². The van der Waals surface area contributed by atoms with Gasteiger partial charge in [0, 0.05) is 44.1 Å². The summed E-state index contributed by atoms with van der Waals surface area (Å²) in [6, 6.07) is 2.45. The van der Waals surface area contributed by atoms with Crippen molar-refractivity contribution in [3.05, 3.63) is 84.0 Å². The molecule has 4 heterocycles. The van der Waals surface area contributed by atoms with Crippen LogP contribution < -0.4 is 5.32 Å². The molecule has 0 aromatic carbocycles. The van der Waals surface area contributed by atoms with Crippen molar-refractivity contribution in [1.82, 2.24) is 29.7 Å². The highest BCUT2D eigenvalue weighted by molar-refractivity contribution is 5.33. The fraction of sp³-hybridized carbons (Fsp3) is 0.423. The topological polar surface area (TPSA) is 77.3 Å². The summed E-state index contributed by atoms with van der Waals surface area (Å²) in [7, 11) is 0. The largest absolute Gasteiger partial charge is 0.465 e. The zero-order valence-electron chi connectivity index (χ0n) is 19.7. The van der Waals surface area contributed by atoms with Gasteiger partial charge in [-0.15, -0.1) is 0 Å². The quantitative estimate of drug-likeness (QED) is 0.565. The highest BCUT2D eigenvalue weighted by Crippen LogP contribution is 2.31. The molecule has 0 amide bonds.